The fraction of sp³-hybridized carbons (Fsp3) is 1.00. The molecule has 2 unspecified atom stereocenters. The van der Waals surface area contributed by atoms with E-state index in [1.165, 1.54) is 0 Å². The average molecular weight is 146 g/mol. The minimum atomic E-state index is -0.158. The van der Waals surface area contributed by atoms with Crippen LogP contribution < -0.4 is 0 Å². The van der Waals surface area contributed by atoms with E-state index in [9.17, 15) is 0 Å². The molecule has 0 spiro atoms. The van der Waals surface area contributed by atoms with E-state index >= 15 is 0 Å². The van der Waals surface area contributed by atoms with Gasteiger partial charge in [0.25, 0.3) is 0 Å². The third-order valence-corrected chi connectivity index (χ3v) is 2.48. The second-order valence-corrected chi connectivity index (χ2v) is 2.95. The van der Waals surface area contributed by atoms with Crippen molar-refractivity contribution in [2.45, 2.75) is 32.8 Å². The highest BCUT2D eigenvalue weighted by atomic mass is 16.5. The predicted octanol–water partition coefficient (Wildman–Crippen LogP) is 1.43. The Kier molecular flexibility index (Phi) is 3.91. The maximum Gasteiger partial charge on any atom is 0.0695 e. The quantitative estimate of drug-likeness (QED) is 0.650. The minimum absolute atomic E-state index is 0.158. The molecule has 0 aromatic carbocycles. The van der Waals surface area contributed by atoms with Crippen LogP contribution in [0.1, 0.15) is 27.2 Å². The highest BCUT2D eigenvalue weighted by Gasteiger charge is 2.27. The van der Waals surface area contributed by atoms with Crippen LogP contribution in [-0.2, 0) is 4.74 Å². The highest BCUT2D eigenvalue weighted by Crippen LogP contribution is 2.23. The first kappa shape index (κ1) is 9.92. The minimum Gasteiger partial charge on any atom is -0.396 e. The maximum atomic E-state index is 8.85. The lowest BCUT2D eigenvalue weighted by atomic mass is 9.89. The van der Waals surface area contributed by atoms with Gasteiger partial charge in [-0.2, -0.15) is 0 Å². The van der Waals surface area contributed by atoms with Crippen LogP contribution in [0.2, 0.25) is 0 Å². The first-order valence-corrected chi connectivity index (χ1v) is 3.76. The SMILES string of the molecule is CCC(C)(OC)C(C)CO. The van der Waals surface area contributed by atoms with Gasteiger partial charge >= 0.3 is 0 Å². The van der Waals surface area contributed by atoms with Crippen LogP contribution in [0.4, 0.5) is 0 Å². The molecule has 2 atom stereocenters. The highest BCUT2D eigenvalue weighted by molar-refractivity contribution is 4.78. The van der Waals surface area contributed by atoms with E-state index in [0.29, 0.717) is 0 Å². The zero-order chi connectivity index (χ0) is 8.20. The van der Waals surface area contributed by atoms with Crippen molar-refractivity contribution in [3.8, 4) is 0 Å². The summed E-state index contributed by atoms with van der Waals surface area (Å²) in [4.78, 5) is 0. The van der Waals surface area contributed by atoms with E-state index in [-0.39, 0.29) is 18.1 Å². The van der Waals surface area contributed by atoms with Gasteiger partial charge in [0.05, 0.1) is 5.60 Å². The zero-order valence-corrected chi connectivity index (χ0v) is 7.35. The van der Waals surface area contributed by atoms with Gasteiger partial charge in [-0.1, -0.05) is 13.8 Å². The van der Waals surface area contributed by atoms with Gasteiger partial charge in [-0.25, -0.2) is 0 Å². The number of methoxy groups -OCH3 is 1. The normalized spacial score (nSPS) is 20.1. The van der Waals surface area contributed by atoms with Crippen LogP contribution in [0.15, 0.2) is 0 Å². The van der Waals surface area contributed by atoms with Gasteiger partial charge in [-0.3, -0.25) is 0 Å². The number of aliphatic hydroxyl groups is 1. The van der Waals surface area contributed by atoms with Gasteiger partial charge in [0.1, 0.15) is 0 Å². The zero-order valence-electron chi connectivity index (χ0n) is 7.35. The lowest BCUT2D eigenvalue weighted by Gasteiger charge is -2.32. The molecule has 0 bridgehead atoms. The summed E-state index contributed by atoms with van der Waals surface area (Å²) in [6, 6.07) is 0. The van der Waals surface area contributed by atoms with Gasteiger partial charge < -0.3 is 9.84 Å². The fourth-order valence-electron chi connectivity index (χ4n) is 0.887. The smallest absolute Gasteiger partial charge is 0.0695 e. The third kappa shape index (κ3) is 1.96. The number of rotatable bonds is 4. The molecule has 0 saturated heterocycles. The number of aliphatic hydroxyl groups excluding tert-OH is 1. The Morgan fingerprint density at radius 3 is 2.20 bits per heavy atom. The second kappa shape index (κ2) is 3.94. The molecule has 2 nitrogen and oxygen atoms in total. The van der Waals surface area contributed by atoms with E-state index in [1.807, 2.05) is 13.8 Å². The lowest BCUT2D eigenvalue weighted by Crippen LogP contribution is -2.36. The summed E-state index contributed by atoms with van der Waals surface area (Å²) in [7, 11) is 1.69. The molecule has 1 N–H and O–H groups in total. The number of hydrogen-bond acceptors (Lipinski definition) is 2. The summed E-state index contributed by atoms with van der Waals surface area (Å²) in [5.74, 6) is 0.211. The van der Waals surface area contributed by atoms with Crippen LogP contribution in [-0.4, -0.2) is 24.4 Å². The molecule has 0 aliphatic rings. The van der Waals surface area contributed by atoms with Crippen LogP contribution in [0.25, 0.3) is 0 Å². The number of ether oxygens (including phenoxy) is 1. The van der Waals surface area contributed by atoms with E-state index in [1.54, 1.807) is 7.11 Å². The molecule has 0 saturated carbocycles. The topological polar surface area (TPSA) is 29.5 Å². The van der Waals surface area contributed by atoms with Crippen molar-refractivity contribution in [3.63, 3.8) is 0 Å². The van der Waals surface area contributed by atoms with E-state index in [2.05, 4.69) is 6.92 Å². The van der Waals surface area contributed by atoms with E-state index in [4.69, 9.17) is 9.84 Å². The second-order valence-electron chi connectivity index (χ2n) is 2.95. The van der Waals surface area contributed by atoms with Crippen LogP contribution >= 0.6 is 0 Å². The van der Waals surface area contributed by atoms with Crippen molar-refractivity contribution >= 4 is 0 Å². The molecular weight excluding hydrogens is 128 g/mol. The summed E-state index contributed by atoms with van der Waals surface area (Å²) in [5, 5.41) is 8.85. The van der Waals surface area contributed by atoms with E-state index < -0.39 is 0 Å². The van der Waals surface area contributed by atoms with Gasteiger partial charge in [0.15, 0.2) is 0 Å². The average Bonchev–Trinajstić information content (AvgIpc) is 2.01. The molecule has 0 radical (unpaired) electrons. The Morgan fingerprint density at radius 2 is 2.10 bits per heavy atom. The van der Waals surface area contributed by atoms with Crippen molar-refractivity contribution in [3.05, 3.63) is 0 Å². The Labute approximate surface area is 63.2 Å². The first-order chi connectivity index (χ1) is 4.60. The molecule has 0 amide bonds. The Hall–Kier alpha value is -0.0800. The monoisotopic (exact) mass is 146 g/mol. The van der Waals surface area contributed by atoms with Crippen LogP contribution in [0.5, 0.6) is 0 Å². The Morgan fingerprint density at radius 1 is 1.60 bits per heavy atom. The summed E-state index contributed by atoms with van der Waals surface area (Å²) in [6.45, 7) is 6.27. The molecule has 0 aromatic heterocycles. The van der Waals surface area contributed by atoms with Gasteiger partial charge in [0, 0.05) is 19.6 Å². The molecule has 2 heteroatoms. The van der Waals surface area contributed by atoms with Crippen molar-refractivity contribution < 1.29 is 9.84 Å². The molecule has 0 aliphatic heterocycles. The summed E-state index contributed by atoms with van der Waals surface area (Å²) < 4.78 is 5.28. The molecular formula is C8H18O2. The lowest BCUT2D eigenvalue weighted by molar-refractivity contribution is -0.0561. The molecule has 10 heavy (non-hydrogen) atoms. The third-order valence-electron chi connectivity index (χ3n) is 2.48. The summed E-state index contributed by atoms with van der Waals surface area (Å²) >= 11 is 0. The van der Waals surface area contributed by atoms with Crippen LogP contribution in [0.3, 0.4) is 0 Å². The van der Waals surface area contributed by atoms with Crippen molar-refractivity contribution in [2.75, 3.05) is 13.7 Å². The number of hydrogen-bond donors (Lipinski definition) is 1. The molecule has 0 rings (SSSR count). The molecule has 0 heterocycles. The Balaban J connectivity index is 4.02. The van der Waals surface area contributed by atoms with E-state index in [0.717, 1.165) is 6.42 Å². The Bertz CT molecular complexity index is 87.3. The fourth-order valence-corrected chi connectivity index (χ4v) is 0.887. The van der Waals surface area contributed by atoms with Gasteiger partial charge in [-0.15, -0.1) is 0 Å². The maximum absolute atomic E-state index is 8.85. The predicted molar refractivity (Wildman–Crippen MR) is 42.0 cm³/mol. The largest absolute Gasteiger partial charge is 0.396 e. The van der Waals surface area contributed by atoms with Gasteiger partial charge in [0.2, 0.25) is 0 Å². The van der Waals surface area contributed by atoms with Crippen molar-refractivity contribution in [1.29, 1.82) is 0 Å². The molecule has 62 valence electrons. The van der Waals surface area contributed by atoms with Crippen LogP contribution in [0, 0.1) is 5.92 Å². The van der Waals surface area contributed by atoms with Gasteiger partial charge in [-0.05, 0) is 13.3 Å². The molecule has 0 aromatic rings. The first-order valence-electron chi connectivity index (χ1n) is 3.76. The molecule has 0 fully saturated rings. The molecule has 0 aliphatic carbocycles. The summed E-state index contributed by atoms with van der Waals surface area (Å²) in [5.41, 5.74) is -0.158. The summed E-state index contributed by atoms with van der Waals surface area (Å²) in [6.07, 6.45) is 0.936. The van der Waals surface area contributed by atoms with Crippen molar-refractivity contribution in [2.24, 2.45) is 5.92 Å². The standard InChI is InChI=1S/C8H18O2/c1-5-8(3,10-4)7(2)6-9/h7,9H,5-6H2,1-4H3. The van der Waals surface area contributed by atoms with Crippen molar-refractivity contribution in [1.82, 2.24) is 0 Å².